The van der Waals surface area contributed by atoms with Gasteiger partial charge < -0.3 is 9.88 Å². The maximum Gasteiger partial charge on any atom is 0.233 e. The highest BCUT2D eigenvalue weighted by molar-refractivity contribution is 6.30. The van der Waals surface area contributed by atoms with Crippen LogP contribution in [0.2, 0.25) is 5.02 Å². The summed E-state index contributed by atoms with van der Waals surface area (Å²) in [5, 5.41) is 0.714. The predicted octanol–water partition coefficient (Wildman–Crippen LogP) is 3.07. The number of nitrogens with one attached hydrogen (secondary N) is 1. The summed E-state index contributed by atoms with van der Waals surface area (Å²) >= 11 is 5.99. The largest absolute Gasteiger partial charge is 0.347 e. The van der Waals surface area contributed by atoms with Gasteiger partial charge in [0.1, 0.15) is 0 Å². The third kappa shape index (κ3) is 2.05. The fourth-order valence-corrected chi connectivity index (χ4v) is 3.74. The van der Waals surface area contributed by atoms with E-state index in [0.717, 1.165) is 49.2 Å². The van der Waals surface area contributed by atoms with Crippen molar-refractivity contribution in [3.8, 4) is 0 Å². The van der Waals surface area contributed by atoms with Crippen LogP contribution in [0, 0.1) is 0 Å². The number of fused-ring (bicyclic) bond motifs is 1. The molecule has 0 bridgehead atoms. The second-order valence-electron chi connectivity index (χ2n) is 6.25. The van der Waals surface area contributed by atoms with Gasteiger partial charge in [0.25, 0.3) is 0 Å². The van der Waals surface area contributed by atoms with Gasteiger partial charge in [0, 0.05) is 18.0 Å². The molecule has 1 aliphatic carbocycles. The first-order chi connectivity index (χ1) is 10.7. The molecule has 1 fully saturated rings. The summed E-state index contributed by atoms with van der Waals surface area (Å²) in [5.74, 6) is 0.251. The summed E-state index contributed by atoms with van der Waals surface area (Å²) in [6, 6.07) is 7.77. The van der Waals surface area contributed by atoms with Gasteiger partial charge >= 0.3 is 0 Å². The average Bonchev–Trinajstić information content (AvgIpc) is 2.95. The van der Waals surface area contributed by atoms with Crippen LogP contribution < -0.4 is 0 Å². The zero-order chi connectivity index (χ0) is 15.2. The zero-order valence-electron chi connectivity index (χ0n) is 12.3. The number of aromatic amines is 1. The summed E-state index contributed by atoms with van der Waals surface area (Å²) in [7, 11) is 0. The molecule has 0 atom stereocenters. The van der Waals surface area contributed by atoms with E-state index in [-0.39, 0.29) is 11.3 Å². The van der Waals surface area contributed by atoms with Crippen molar-refractivity contribution in [2.75, 3.05) is 6.54 Å². The van der Waals surface area contributed by atoms with E-state index < -0.39 is 0 Å². The molecule has 0 unspecified atom stereocenters. The molecule has 1 saturated carbocycles. The highest BCUT2D eigenvalue weighted by Gasteiger charge is 2.48. The van der Waals surface area contributed by atoms with Gasteiger partial charge in [-0.15, -0.1) is 0 Å². The third-order valence-electron chi connectivity index (χ3n) is 5.08. The molecule has 22 heavy (non-hydrogen) atoms. The summed E-state index contributed by atoms with van der Waals surface area (Å²) in [5.41, 5.74) is 2.93. The van der Waals surface area contributed by atoms with E-state index in [0.29, 0.717) is 11.6 Å². The fraction of sp³-hybridized carbons (Fsp3) is 0.412. The lowest BCUT2D eigenvalue weighted by Gasteiger charge is -2.44. The van der Waals surface area contributed by atoms with Crippen LogP contribution in [0.5, 0.6) is 0 Å². The van der Waals surface area contributed by atoms with Crippen molar-refractivity contribution in [2.45, 2.75) is 37.6 Å². The molecule has 0 saturated heterocycles. The molecule has 2 aliphatic rings. The van der Waals surface area contributed by atoms with Crippen molar-refractivity contribution in [1.82, 2.24) is 14.9 Å². The van der Waals surface area contributed by atoms with Gasteiger partial charge in [-0.1, -0.05) is 30.2 Å². The zero-order valence-corrected chi connectivity index (χ0v) is 13.1. The number of aromatic nitrogens is 2. The van der Waals surface area contributed by atoms with Crippen molar-refractivity contribution in [3.63, 3.8) is 0 Å². The first-order valence-electron chi connectivity index (χ1n) is 7.76. The Morgan fingerprint density at radius 3 is 2.73 bits per heavy atom. The number of imidazole rings is 1. The predicted molar refractivity (Wildman–Crippen MR) is 84.7 cm³/mol. The van der Waals surface area contributed by atoms with Crippen LogP contribution in [0.25, 0.3) is 0 Å². The molecule has 5 heteroatoms. The smallest absolute Gasteiger partial charge is 0.233 e. The summed E-state index contributed by atoms with van der Waals surface area (Å²) < 4.78 is 0. The van der Waals surface area contributed by atoms with E-state index in [1.54, 1.807) is 6.33 Å². The highest BCUT2D eigenvalue weighted by atomic mass is 35.5. The second kappa shape index (κ2) is 5.13. The molecule has 4 rings (SSSR count). The minimum absolute atomic E-state index is 0.251. The van der Waals surface area contributed by atoms with Gasteiger partial charge in [0.2, 0.25) is 5.91 Å². The van der Waals surface area contributed by atoms with E-state index in [1.165, 1.54) is 0 Å². The SMILES string of the molecule is O=C(N1CCc2nc[nH]c2C1)C1(c2ccc(Cl)cc2)CCC1. The van der Waals surface area contributed by atoms with Crippen LogP contribution >= 0.6 is 11.6 Å². The lowest BCUT2D eigenvalue weighted by atomic mass is 9.63. The molecule has 1 amide bonds. The average molecular weight is 316 g/mol. The highest BCUT2D eigenvalue weighted by Crippen LogP contribution is 2.45. The van der Waals surface area contributed by atoms with Gasteiger partial charge in [-0.25, -0.2) is 4.98 Å². The number of nitrogens with zero attached hydrogens (tertiary/aromatic N) is 2. The van der Waals surface area contributed by atoms with Crippen molar-refractivity contribution in [2.24, 2.45) is 0 Å². The molecular weight excluding hydrogens is 298 g/mol. The molecule has 0 radical (unpaired) electrons. The summed E-state index contributed by atoms with van der Waals surface area (Å²) in [6.45, 7) is 1.40. The van der Waals surface area contributed by atoms with Crippen molar-refractivity contribution < 1.29 is 4.79 Å². The molecule has 1 aromatic carbocycles. The topological polar surface area (TPSA) is 49.0 Å². The van der Waals surface area contributed by atoms with Gasteiger partial charge in [-0.2, -0.15) is 0 Å². The van der Waals surface area contributed by atoms with Crippen LogP contribution in [0.4, 0.5) is 0 Å². The molecular formula is C17H18ClN3O. The third-order valence-corrected chi connectivity index (χ3v) is 5.33. The van der Waals surface area contributed by atoms with Crippen LogP contribution in [-0.2, 0) is 23.2 Å². The van der Waals surface area contributed by atoms with Gasteiger partial charge in [-0.3, -0.25) is 4.79 Å². The van der Waals surface area contributed by atoms with Gasteiger partial charge in [0.15, 0.2) is 0 Å². The lowest BCUT2D eigenvalue weighted by Crippen LogP contribution is -2.52. The van der Waals surface area contributed by atoms with Crippen LogP contribution in [0.3, 0.4) is 0 Å². The number of benzene rings is 1. The molecule has 4 nitrogen and oxygen atoms in total. The molecule has 114 valence electrons. The second-order valence-corrected chi connectivity index (χ2v) is 6.68. The van der Waals surface area contributed by atoms with Crippen LogP contribution in [0.15, 0.2) is 30.6 Å². The maximum absolute atomic E-state index is 13.2. The maximum atomic E-state index is 13.2. The monoisotopic (exact) mass is 315 g/mol. The molecule has 1 aliphatic heterocycles. The first-order valence-corrected chi connectivity index (χ1v) is 8.13. The lowest BCUT2D eigenvalue weighted by molar-refractivity contribution is -0.142. The number of hydrogen-bond donors (Lipinski definition) is 1. The van der Waals surface area contributed by atoms with E-state index in [4.69, 9.17) is 11.6 Å². The van der Waals surface area contributed by atoms with Gasteiger partial charge in [0.05, 0.1) is 29.7 Å². The Hall–Kier alpha value is -1.81. The van der Waals surface area contributed by atoms with Crippen molar-refractivity contribution in [3.05, 3.63) is 52.6 Å². The van der Waals surface area contributed by atoms with Gasteiger partial charge in [-0.05, 0) is 30.5 Å². The van der Waals surface area contributed by atoms with Crippen LogP contribution in [0.1, 0.15) is 36.2 Å². The Morgan fingerprint density at radius 2 is 2.05 bits per heavy atom. The number of halogens is 1. The number of hydrogen-bond acceptors (Lipinski definition) is 2. The molecule has 2 aromatic rings. The van der Waals surface area contributed by atoms with Crippen LogP contribution in [-0.4, -0.2) is 27.3 Å². The summed E-state index contributed by atoms with van der Waals surface area (Å²) in [6.07, 6.45) is 5.52. The Labute approximate surface area is 134 Å². The number of carbonyl (C=O) groups is 1. The normalized spacial score (nSPS) is 19.4. The van der Waals surface area contributed by atoms with E-state index >= 15 is 0 Å². The Morgan fingerprint density at radius 1 is 1.27 bits per heavy atom. The van der Waals surface area contributed by atoms with E-state index in [1.807, 2.05) is 29.2 Å². The molecule has 1 aromatic heterocycles. The fourth-order valence-electron chi connectivity index (χ4n) is 3.61. The summed E-state index contributed by atoms with van der Waals surface area (Å²) in [4.78, 5) is 22.6. The Bertz CT molecular complexity index is 703. The van der Waals surface area contributed by atoms with E-state index in [9.17, 15) is 4.79 Å². The Balaban J connectivity index is 1.62. The first kappa shape index (κ1) is 13.8. The van der Waals surface area contributed by atoms with Crippen molar-refractivity contribution in [1.29, 1.82) is 0 Å². The number of rotatable bonds is 2. The molecule has 1 N–H and O–H groups in total. The molecule has 0 spiro atoms. The Kier molecular flexibility index (Phi) is 3.22. The quantitative estimate of drug-likeness (QED) is 0.926. The van der Waals surface area contributed by atoms with E-state index in [2.05, 4.69) is 9.97 Å². The standard InChI is InChI=1S/C17H18ClN3O/c18-13-4-2-12(3-5-13)17(7-1-8-17)16(22)21-9-6-14-15(10-21)20-11-19-14/h2-5,11H,1,6-10H2,(H,19,20). The minimum atomic E-state index is -0.345. The number of amides is 1. The van der Waals surface area contributed by atoms with Crippen molar-refractivity contribution >= 4 is 17.5 Å². The number of carbonyl (C=O) groups excluding carboxylic acids is 1. The molecule has 2 heterocycles. The number of H-pyrrole nitrogens is 1. The minimum Gasteiger partial charge on any atom is -0.347 e.